The summed E-state index contributed by atoms with van der Waals surface area (Å²) in [5.41, 5.74) is 0. The van der Waals surface area contributed by atoms with Crippen LogP contribution in [0.15, 0.2) is 0 Å². The van der Waals surface area contributed by atoms with Gasteiger partial charge in [-0.05, 0) is 25.2 Å². The van der Waals surface area contributed by atoms with Crippen molar-refractivity contribution in [1.29, 1.82) is 0 Å². The van der Waals surface area contributed by atoms with Crippen LogP contribution in [-0.2, 0) is 9.59 Å². The van der Waals surface area contributed by atoms with Gasteiger partial charge in [-0.2, -0.15) is 0 Å². The molecule has 0 aromatic carbocycles. The first-order chi connectivity index (χ1) is 7.11. The molecule has 2 aliphatic rings. The molecule has 4 nitrogen and oxygen atoms in total. The van der Waals surface area contributed by atoms with Gasteiger partial charge in [0, 0.05) is 19.5 Å². The lowest BCUT2D eigenvalue weighted by Crippen LogP contribution is -2.58. The smallest absolute Gasteiger partial charge is 0.308 e. The lowest BCUT2D eigenvalue weighted by atomic mass is 9.70. The Hall–Kier alpha value is -1.06. The van der Waals surface area contributed by atoms with Crippen molar-refractivity contribution >= 4 is 11.9 Å². The third-order valence-corrected chi connectivity index (χ3v) is 3.83. The van der Waals surface area contributed by atoms with Crippen LogP contribution < -0.4 is 0 Å². The van der Waals surface area contributed by atoms with Crippen molar-refractivity contribution < 1.29 is 14.7 Å². The predicted octanol–water partition coefficient (Wildman–Crippen LogP) is 1.11. The second-order valence-corrected chi connectivity index (χ2v) is 4.62. The van der Waals surface area contributed by atoms with E-state index in [0.29, 0.717) is 5.92 Å². The van der Waals surface area contributed by atoms with E-state index in [4.69, 9.17) is 0 Å². The zero-order valence-corrected chi connectivity index (χ0v) is 8.98. The van der Waals surface area contributed by atoms with Gasteiger partial charge in [0.25, 0.3) is 0 Å². The molecule has 1 heterocycles. The average Bonchev–Trinajstić information content (AvgIpc) is 1.95. The highest BCUT2D eigenvalue weighted by Crippen LogP contribution is 2.40. The number of carboxylic acids is 1. The summed E-state index contributed by atoms with van der Waals surface area (Å²) in [6, 6.07) is -0.0368. The van der Waals surface area contributed by atoms with Crippen LogP contribution in [0.2, 0.25) is 0 Å². The molecule has 1 aliphatic carbocycles. The second-order valence-electron chi connectivity index (χ2n) is 4.62. The van der Waals surface area contributed by atoms with Crippen LogP contribution >= 0.6 is 0 Å². The van der Waals surface area contributed by atoms with E-state index < -0.39 is 5.97 Å². The Morgan fingerprint density at radius 1 is 1.33 bits per heavy atom. The molecule has 4 heteroatoms. The number of amides is 1. The summed E-state index contributed by atoms with van der Waals surface area (Å²) in [6.07, 6.45) is 4.02. The molecular formula is C11H17NO3. The van der Waals surface area contributed by atoms with Gasteiger partial charge in [0.2, 0.25) is 5.91 Å². The Morgan fingerprint density at radius 2 is 2.00 bits per heavy atom. The standard InChI is InChI=1S/C11H17NO3/c1-7(13)12-6-5-9(12)10(11(14)15)8-3-2-4-8/h8-10H,2-6H2,1H3,(H,14,15). The van der Waals surface area contributed by atoms with Gasteiger partial charge < -0.3 is 10.0 Å². The Morgan fingerprint density at radius 3 is 2.27 bits per heavy atom. The molecule has 2 unspecified atom stereocenters. The monoisotopic (exact) mass is 211 g/mol. The molecule has 2 fully saturated rings. The first-order valence-corrected chi connectivity index (χ1v) is 5.61. The summed E-state index contributed by atoms with van der Waals surface area (Å²) in [5, 5.41) is 9.21. The van der Waals surface area contributed by atoms with E-state index in [0.717, 1.165) is 32.2 Å². The van der Waals surface area contributed by atoms with Crippen LogP contribution in [0.4, 0.5) is 0 Å². The number of carbonyl (C=O) groups is 2. The molecule has 84 valence electrons. The molecule has 1 N–H and O–H groups in total. The van der Waals surface area contributed by atoms with Gasteiger partial charge in [-0.15, -0.1) is 0 Å². The van der Waals surface area contributed by atoms with Gasteiger partial charge in [0.15, 0.2) is 0 Å². The van der Waals surface area contributed by atoms with Crippen LogP contribution in [0, 0.1) is 11.8 Å². The molecule has 0 aromatic rings. The number of nitrogens with zero attached hydrogens (tertiary/aromatic N) is 1. The summed E-state index contributed by atoms with van der Waals surface area (Å²) in [7, 11) is 0. The van der Waals surface area contributed by atoms with Crippen molar-refractivity contribution in [1.82, 2.24) is 4.90 Å². The maximum Gasteiger partial charge on any atom is 0.308 e. The van der Waals surface area contributed by atoms with Gasteiger partial charge in [0.05, 0.1) is 5.92 Å². The molecule has 0 radical (unpaired) electrons. The van der Waals surface area contributed by atoms with Gasteiger partial charge in [0.1, 0.15) is 0 Å². The van der Waals surface area contributed by atoms with E-state index in [1.165, 1.54) is 6.92 Å². The lowest BCUT2D eigenvalue weighted by Gasteiger charge is -2.47. The minimum Gasteiger partial charge on any atom is -0.481 e. The Bertz CT molecular complexity index is 286. The van der Waals surface area contributed by atoms with Crippen molar-refractivity contribution in [3.8, 4) is 0 Å². The van der Waals surface area contributed by atoms with Crippen LogP contribution in [0.1, 0.15) is 32.6 Å². The van der Waals surface area contributed by atoms with Crippen molar-refractivity contribution in [3.63, 3.8) is 0 Å². The molecule has 0 bridgehead atoms. The Labute approximate surface area is 89.3 Å². The minimum atomic E-state index is -0.726. The number of aliphatic carboxylic acids is 1. The van der Waals surface area contributed by atoms with Gasteiger partial charge in [-0.25, -0.2) is 0 Å². The highest BCUT2D eigenvalue weighted by Gasteiger charge is 2.45. The van der Waals surface area contributed by atoms with Crippen molar-refractivity contribution in [2.75, 3.05) is 6.54 Å². The van der Waals surface area contributed by atoms with Gasteiger partial charge >= 0.3 is 5.97 Å². The van der Waals surface area contributed by atoms with E-state index in [-0.39, 0.29) is 17.9 Å². The number of hydrogen-bond acceptors (Lipinski definition) is 2. The molecule has 1 amide bonds. The Kier molecular flexibility index (Phi) is 2.67. The first-order valence-electron chi connectivity index (χ1n) is 5.61. The fourth-order valence-corrected chi connectivity index (χ4v) is 2.65. The molecule has 1 saturated carbocycles. The molecule has 2 atom stereocenters. The first kappa shape index (κ1) is 10.5. The quantitative estimate of drug-likeness (QED) is 0.760. The van der Waals surface area contributed by atoms with E-state index in [2.05, 4.69) is 0 Å². The average molecular weight is 211 g/mol. The lowest BCUT2D eigenvalue weighted by molar-refractivity contribution is -0.156. The maximum atomic E-state index is 11.2. The van der Waals surface area contributed by atoms with E-state index in [1.54, 1.807) is 4.90 Å². The number of rotatable bonds is 3. The van der Waals surface area contributed by atoms with E-state index >= 15 is 0 Å². The fourth-order valence-electron chi connectivity index (χ4n) is 2.65. The highest BCUT2D eigenvalue weighted by atomic mass is 16.4. The summed E-state index contributed by atoms with van der Waals surface area (Å²) < 4.78 is 0. The SMILES string of the molecule is CC(=O)N1CCC1C(C(=O)O)C1CCC1. The van der Waals surface area contributed by atoms with E-state index in [9.17, 15) is 14.7 Å². The van der Waals surface area contributed by atoms with Crippen molar-refractivity contribution in [2.24, 2.45) is 11.8 Å². The topological polar surface area (TPSA) is 57.6 Å². The van der Waals surface area contributed by atoms with Crippen LogP contribution in [-0.4, -0.2) is 34.5 Å². The zero-order valence-electron chi connectivity index (χ0n) is 8.98. The van der Waals surface area contributed by atoms with Crippen molar-refractivity contribution in [3.05, 3.63) is 0 Å². The molecule has 1 saturated heterocycles. The summed E-state index contributed by atoms with van der Waals surface area (Å²) in [4.78, 5) is 24.1. The summed E-state index contributed by atoms with van der Waals surface area (Å²) in [5.74, 6) is -0.737. The molecule has 1 aliphatic heterocycles. The normalized spacial score (nSPS) is 27.8. The third kappa shape index (κ3) is 1.73. The van der Waals surface area contributed by atoms with Crippen LogP contribution in [0.5, 0.6) is 0 Å². The summed E-state index contributed by atoms with van der Waals surface area (Å²) >= 11 is 0. The number of carboxylic acid groups (broad SMARTS) is 1. The third-order valence-electron chi connectivity index (χ3n) is 3.83. The van der Waals surface area contributed by atoms with Crippen LogP contribution in [0.25, 0.3) is 0 Å². The Balaban J connectivity index is 2.04. The zero-order chi connectivity index (χ0) is 11.0. The highest BCUT2D eigenvalue weighted by molar-refractivity contribution is 5.77. The molecule has 2 rings (SSSR count). The summed E-state index contributed by atoms with van der Waals surface area (Å²) in [6.45, 7) is 2.25. The minimum absolute atomic E-state index is 0.0109. The molecule has 15 heavy (non-hydrogen) atoms. The predicted molar refractivity (Wildman–Crippen MR) is 54.3 cm³/mol. The largest absolute Gasteiger partial charge is 0.481 e. The van der Waals surface area contributed by atoms with Gasteiger partial charge in [-0.3, -0.25) is 9.59 Å². The molecule has 0 aromatic heterocycles. The fraction of sp³-hybridized carbons (Fsp3) is 0.818. The second kappa shape index (κ2) is 3.83. The van der Waals surface area contributed by atoms with Gasteiger partial charge in [-0.1, -0.05) is 6.42 Å². The van der Waals surface area contributed by atoms with E-state index in [1.807, 2.05) is 0 Å². The maximum absolute atomic E-state index is 11.2. The van der Waals surface area contributed by atoms with Crippen LogP contribution in [0.3, 0.4) is 0 Å². The van der Waals surface area contributed by atoms with Crippen molar-refractivity contribution in [2.45, 2.75) is 38.6 Å². The molecular weight excluding hydrogens is 194 g/mol. The number of likely N-dealkylation sites (tertiary alicyclic amines) is 1. The number of carbonyl (C=O) groups excluding carboxylic acids is 1. The number of hydrogen-bond donors (Lipinski definition) is 1. The molecule has 0 spiro atoms.